The lowest BCUT2D eigenvalue weighted by Crippen LogP contribution is -2.36. The van der Waals surface area contributed by atoms with Crippen molar-refractivity contribution in [2.24, 2.45) is 7.05 Å². The number of morpholine rings is 1. The van der Waals surface area contributed by atoms with Gasteiger partial charge in [-0.1, -0.05) is 0 Å². The Morgan fingerprint density at radius 2 is 2.00 bits per heavy atom. The minimum Gasteiger partial charge on any atom is -0.379 e. The molecule has 1 fully saturated rings. The minimum absolute atomic E-state index is 0.224. The molecule has 2 rings (SSSR count). The first-order chi connectivity index (χ1) is 7.97. The predicted octanol–water partition coefficient (Wildman–Crippen LogP) is 1.27. The highest BCUT2D eigenvalue weighted by Gasteiger charge is 2.37. The Labute approximate surface area is 97.0 Å². The van der Waals surface area contributed by atoms with Gasteiger partial charge in [0.25, 0.3) is 0 Å². The lowest BCUT2D eigenvalue weighted by molar-refractivity contribution is -0.142. The summed E-state index contributed by atoms with van der Waals surface area (Å²) in [6.07, 6.45) is -2.96. The Kier molecular flexibility index (Phi) is 3.39. The summed E-state index contributed by atoms with van der Waals surface area (Å²) in [5.74, 6) is 0. The van der Waals surface area contributed by atoms with Crippen molar-refractivity contribution in [1.82, 2.24) is 14.7 Å². The first-order valence-corrected chi connectivity index (χ1v) is 5.36. The van der Waals surface area contributed by atoms with Crippen LogP contribution in [0.15, 0.2) is 6.20 Å². The summed E-state index contributed by atoms with van der Waals surface area (Å²) < 4.78 is 44.5. The summed E-state index contributed by atoms with van der Waals surface area (Å²) >= 11 is 0. The number of nitrogens with zero attached hydrogens (tertiary/aromatic N) is 3. The second-order valence-electron chi connectivity index (χ2n) is 4.06. The van der Waals surface area contributed by atoms with Gasteiger partial charge >= 0.3 is 6.18 Å². The zero-order valence-electron chi connectivity index (χ0n) is 9.50. The smallest absolute Gasteiger partial charge is 0.379 e. The number of alkyl halides is 3. The molecule has 7 heteroatoms. The van der Waals surface area contributed by atoms with E-state index in [2.05, 4.69) is 5.10 Å². The zero-order valence-corrected chi connectivity index (χ0v) is 9.50. The summed E-state index contributed by atoms with van der Waals surface area (Å²) in [5.41, 5.74) is -0.562. The monoisotopic (exact) mass is 249 g/mol. The van der Waals surface area contributed by atoms with Gasteiger partial charge in [-0.3, -0.25) is 9.58 Å². The third kappa shape index (κ3) is 2.98. The fourth-order valence-corrected chi connectivity index (χ4v) is 1.89. The molecule has 0 aromatic carbocycles. The van der Waals surface area contributed by atoms with E-state index in [1.54, 1.807) is 0 Å². The molecule has 0 spiro atoms. The molecule has 0 bridgehead atoms. The van der Waals surface area contributed by atoms with Crippen LogP contribution in [0.1, 0.15) is 11.3 Å². The molecule has 0 saturated carbocycles. The number of aryl methyl sites for hydroxylation is 1. The van der Waals surface area contributed by atoms with Gasteiger partial charge in [0.1, 0.15) is 0 Å². The van der Waals surface area contributed by atoms with Crippen LogP contribution in [0.4, 0.5) is 13.2 Å². The fraction of sp³-hybridized carbons (Fsp3) is 0.700. The van der Waals surface area contributed by atoms with Crippen molar-refractivity contribution in [2.75, 3.05) is 26.3 Å². The number of hydrogen-bond acceptors (Lipinski definition) is 3. The van der Waals surface area contributed by atoms with Gasteiger partial charge in [0, 0.05) is 38.4 Å². The topological polar surface area (TPSA) is 30.3 Å². The van der Waals surface area contributed by atoms with Crippen molar-refractivity contribution in [2.45, 2.75) is 12.7 Å². The van der Waals surface area contributed by atoms with Crippen LogP contribution in [0.25, 0.3) is 0 Å². The van der Waals surface area contributed by atoms with Crippen molar-refractivity contribution >= 4 is 0 Å². The minimum atomic E-state index is -4.39. The third-order valence-electron chi connectivity index (χ3n) is 2.67. The Morgan fingerprint density at radius 3 is 2.59 bits per heavy atom. The van der Waals surface area contributed by atoms with E-state index in [-0.39, 0.29) is 12.1 Å². The lowest BCUT2D eigenvalue weighted by Gasteiger charge is -2.26. The maximum Gasteiger partial charge on any atom is 0.435 e. The molecule has 2 heterocycles. The molecular weight excluding hydrogens is 235 g/mol. The summed E-state index contributed by atoms with van der Waals surface area (Å²) in [6.45, 7) is 2.73. The van der Waals surface area contributed by atoms with Crippen LogP contribution >= 0.6 is 0 Å². The molecule has 1 aromatic heterocycles. The largest absolute Gasteiger partial charge is 0.435 e. The molecule has 96 valence electrons. The van der Waals surface area contributed by atoms with E-state index in [0.29, 0.717) is 26.3 Å². The van der Waals surface area contributed by atoms with Gasteiger partial charge in [0.05, 0.1) is 13.2 Å². The highest BCUT2D eigenvalue weighted by atomic mass is 19.4. The molecule has 17 heavy (non-hydrogen) atoms. The van der Waals surface area contributed by atoms with Crippen molar-refractivity contribution in [1.29, 1.82) is 0 Å². The summed E-state index contributed by atoms with van der Waals surface area (Å²) in [4.78, 5) is 1.94. The van der Waals surface area contributed by atoms with E-state index >= 15 is 0 Å². The van der Waals surface area contributed by atoms with Crippen LogP contribution in [0, 0.1) is 0 Å². The van der Waals surface area contributed by atoms with Crippen LogP contribution in [-0.4, -0.2) is 41.0 Å². The maximum atomic E-state index is 12.7. The van der Waals surface area contributed by atoms with Crippen LogP contribution < -0.4 is 0 Å². The standard InChI is InChI=1S/C10H14F3N3O/c1-15-6-8(9(14-15)10(11,12)13)7-16-2-4-17-5-3-16/h6H,2-5,7H2,1H3. The Morgan fingerprint density at radius 1 is 1.35 bits per heavy atom. The molecule has 1 saturated heterocycles. The number of hydrogen-bond donors (Lipinski definition) is 0. The molecule has 1 aliphatic rings. The summed E-state index contributed by atoms with van der Waals surface area (Å²) in [6, 6.07) is 0. The average molecular weight is 249 g/mol. The van der Waals surface area contributed by atoms with Crippen LogP contribution in [0.2, 0.25) is 0 Å². The second-order valence-corrected chi connectivity index (χ2v) is 4.06. The number of aromatic nitrogens is 2. The number of halogens is 3. The quantitative estimate of drug-likeness (QED) is 0.790. The summed E-state index contributed by atoms with van der Waals surface area (Å²) in [5, 5.41) is 3.48. The van der Waals surface area contributed by atoms with Crippen LogP contribution in [0.3, 0.4) is 0 Å². The Bertz CT molecular complexity index is 383. The van der Waals surface area contributed by atoms with E-state index < -0.39 is 11.9 Å². The number of ether oxygens (including phenoxy) is 1. The summed E-state index contributed by atoms with van der Waals surface area (Å²) in [7, 11) is 1.50. The Balaban J connectivity index is 2.14. The lowest BCUT2D eigenvalue weighted by atomic mass is 10.2. The van der Waals surface area contributed by atoms with E-state index in [0.717, 1.165) is 0 Å². The molecule has 4 nitrogen and oxygen atoms in total. The van der Waals surface area contributed by atoms with Crippen molar-refractivity contribution < 1.29 is 17.9 Å². The zero-order chi connectivity index (χ0) is 12.5. The van der Waals surface area contributed by atoms with Crippen molar-refractivity contribution in [3.8, 4) is 0 Å². The van der Waals surface area contributed by atoms with Crippen LogP contribution in [-0.2, 0) is 24.5 Å². The highest BCUT2D eigenvalue weighted by molar-refractivity contribution is 5.20. The molecule has 0 radical (unpaired) electrons. The van der Waals surface area contributed by atoms with E-state index in [1.807, 2.05) is 4.90 Å². The SMILES string of the molecule is Cn1cc(CN2CCOCC2)c(C(F)(F)F)n1. The second kappa shape index (κ2) is 4.66. The molecule has 0 atom stereocenters. The van der Waals surface area contributed by atoms with Crippen molar-refractivity contribution in [3.63, 3.8) is 0 Å². The normalized spacial score (nSPS) is 18.6. The predicted molar refractivity (Wildman–Crippen MR) is 54.3 cm³/mol. The van der Waals surface area contributed by atoms with Gasteiger partial charge in [-0.25, -0.2) is 0 Å². The first-order valence-electron chi connectivity index (χ1n) is 5.36. The van der Waals surface area contributed by atoms with E-state index in [4.69, 9.17) is 4.74 Å². The highest BCUT2D eigenvalue weighted by Crippen LogP contribution is 2.31. The van der Waals surface area contributed by atoms with Crippen LogP contribution in [0.5, 0.6) is 0 Å². The van der Waals surface area contributed by atoms with Crippen molar-refractivity contribution in [3.05, 3.63) is 17.5 Å². The molecule has 0 aliphatic carbocycles. The van der Waals surface area contributed by atoms with Gasteiger partial charge in [-0.15, -0.1) is 0 Å². The van der Waals surface area contributed by atoms with E-state index in [1.165, 1.54) is 17.9 Å². The molecule has 0 N–H and O–H groups in total. The van der Waals surface area contributed by atoms with Gasteiger partial charge in [0.2, 0.25) is 0 Å². The third-order valence-corrected chi connectivity index (χ3v) is 2.67. The molecule has 0 amide bonds. The first kappa shape index (κ1) is 12.4. The molecule has 1 aromatic rings. The molecular formula is C10H14F3N3O. The molecule has 1 aliphatic heterocycles. The van der Waals surface area contributed by atoms with Gasteiger partial charge < -0.3 is 4.74 Å². The maximum absolute atomic E-state index is 12.7. The fourth-order valence-electron chi connectivity index (χ4n) is 1.89. The van der Waals surface area contributed by atoms with E-state index in [9.17, 15) is 13.2 Å². The molecule has 0 unspecified atom stereocenters. The van der Waals surface area contributed by atoms with Gasteiger partial charge in [0.15, 0.2) is 5.69 Å². The Hall–Kier alpha value is -1.08. The number of rotatable bonds is 2. The van der Waals surface area contributed by atoms with Gasteiger partial charge in [-0.05, 0) is 0 Å². The average Bonchev–Trinajstić information content (AvgIpc) is 2.60. The van der Waals surface area contributed by atoms with Gasteiger partial charge in [-0.2, -0.15) is 18.3 Å².